The van der Waals surface area contributed by atoms with E-state index in [2.05, 4.69) is 0 Å². The molecule has 3 N–H and O–H groups in total. The largest absolute Gasteiger partial charge is 0.366 e. The Morgan fingerprint density at radius 1 is 1.11 bits per heavy atom. The van der Waals surface area contributed by atoms with Gasteiger partial charge in [-0.3, -0.25) is 0 Å². The van der Waals surface area contributed by atoms with Crippen molar-refractivity contribution in [2.45, 2.75) is 18.6 Å². The normalized spacial score (nSPS) is 28.3. The first-order chi connectivity index (χ1) is 4.10. The molecule has 1 aliphatic rings. The zero-order chi connectivity index (χ0) is 6.91. The molecule has 0 amide bonds. The lowest BCUT2D eigenvalue weighted by molar-refractivity contribution is -0.227. The van der Waals surface area contributed by atoms with Gasteiger partial charge in [0.15, 0.2) is 5.79 Å². The summed E-state index contributed by atoms with van der Waals surface area (Å²) in [6.45, 7) is 0.681. The summed E-state index contributed by atoms with van der Waals surface area (Å²) in [4.78, 5) is 0. The van der Waals surface area contributed by atoms with Gasteiger partial charge in [0, 0.05) is 25.9 Å². The molecular weight excluding hydrogens is 122 g/mol. The van der Waals surface area contributed by atoms with E-state index >= 15 is 0 Å². The molecule has 0 aromatic rings. The molecule has 1 heterocycles. The minimum atomic E-state index is -1.54. The van der Waals surface area contributed by atoms with Crippen LogP contribution in [0, 0.1) is 0 Å². The Labute approximate surface area is 53.3 Å². The highest BCUT2D eigenvalue weighted by molar-refractivity contribution is 4.71. The van der Waals surface area contributed by atoms with Gasteiger partial charge in [-0.05, 0) is 0 Å². The first kappa shape index (κ1) is 6.95. The quantitative estimate of drug-likeness (QED) is 0.377. The third kappa shape index (κ3) is 1.91. The number of rotatable bonds is 0. The van der Waals surface area contributed by atoms with Crippen LogP contribution >= 0.6 is 0 Å². The molecule has 1 rings (SSSR count). The van der Waals surface area contributed by atoms with Crippen molar-refractivity contribution in [3.63, 3.8) is 0 Å². The highest BCUT2D eigenvalue weighted by Crippen LogP contribution is 2.16. The molecule has 0 aromatic carbocycles. The second-order valence-electron chi connectivity index (χ2n) is 2.44. The Bertz CT molecular complexity index is 94.4. The molecule has 1 fully saturated rings. The van der Waals surface area contributed by atoms with Gasteiger partial charge >= 0.3 is 0 Å². The molecule has 9 heavy (non-hydrogen) atoms. The molecule has 1 aliphatic heterocycles. The SMILES string of the molecule is ON1CCC(O)(O)CC1. The van der Waals surface area contributed by atoms with Crippen molar-refractivity contribution in [1.29, 1.82) is 0 Å². The van der Waals surface area contributed by atoms with E-state index in [4.69, 9.17) is 15.4 Å². The molecular formula is C5H11NO3. The summed E-state index contributed by atoms with van der Waals surface area (Å²) in [5.74, 6) is -1.54. The monoisotopic (exact) mass is 133 g/mol. The van der Waals surface area contributed by atoms with Crippen molar-refractivity contribution in [3.8, 4) is 0 Å². The minimum absolute atomic E-state index is 0.226. The van der Waals surface area contributed by atoms with Crippen LogP contribution in [0.2, 0.25) is 0 Å². The Kier molecular flexibility index (Phi) is 1.72. The molecule has 0 aromatic heterocycles. The Balaban J connectivity index is 2.35. The summed E-state index contributed by atoms with van der Waals surface area (Å²) in [6.07, 6.45) is 0.451. The maximum absolute atomic E-state index is 8.91. The van der Waals surface area contributed by atoms with Crippen LogP contribution in [0.15, 0.2) is 0 Å². The molecule has 0 atom stereocenters. The first-order valence-corrected chi connectivity index (χ1v) is 2.99. The lowest BCUT2D eigenvalue weighted by Crippen LogP contribution is -2.42. The number of hydroxylamine groups is 2. The van der Waals surface area contributed by atoms with Gasteiger partial charge in [-0.1, -0.05) is 0 Å². The molecule has 0 aliphatic carbocycles. The fourth-order valence-corrected chi connectivity index (χ4v) is 0.853. The molecule has 0 bridgehead atoms. The average molecular weight is 133 g/mol. The topological polar surface area (TPSA) is 63.9 Å². The van der Waals surface area contributed by atoms with Gasteiger partial charge in [0.1, 0.15) is 0 Å². The van der Waals surface area contributed by atoms with Crippen molar-refractivity contribution < 1.29 is 15.4 Å². The fourth-order valence-electron chi connectivity index (χ4n) is 0.853. The summed E-state index contributed by atoms with van der Waals surface area (Å²) < 4.78 is 0. The van der Waals surface area contributed by atoms with Crippen molar-refractivity contribution in [2.24, 2.45) is 0 Å². The van der Waals surface area contributed by atoms with Crippen molar-refractivity contribution in [1.82, 2.24) is 5.06 Å². The second kappa shape index (κ2) is 2.22. The van der Waals surface area contributed by atoms with Crippen LogP contribution in [-0.2, 0) is 0 Å². The van der Waals surface area contributed by atoms with Crippen LogP contribution in [0.1, 0.15) is 12.8 Å². The molecule has 1 saturated heterocycles. The van der Waals surface area contributed by atoms with Gasteiger partial charge in [-0.2, -0.15) is 5.06 Å². The summed E-state index contributed by atoms with van der Waals surface area (Å²) in [7, 11) is 0. The van der Waals surface area contributed by atoms with Crippen molar-refractivity contribution in [3.05, 3.63) is 0 Å². The number of aliphatic hydroxyl groups is 2. The summed E-state index contributed by atoms with van der Waals surface area (Å²) in [5, 5.41) is 27.7. The van der Waals surface area contributed by atoms with E-state index in [9.17, 15) is 0 Å². The number of nitrogens with zero attached hydrogens (tertiary/aromatic N) is 1. The second-order valence-corrected chi connectivity index (χ2v) is 2.44. The van der Waals surface area contributed by atoms with Crippen molar-refractivity contribution in [2.75, 3.05) is 13.1 Å². The lowest BCUT2D eigenvalue weighted by atomic mass is 10.1. The van der Waals surface area contributed by atoms with Crippen LogP contribution in [0.5, 0.6) is 0 Å². The molecule has 4 heteroatoms. The van der Waals surface area contributed by atoms with Gasteiger partial charge in [0.25, 0.3) is 0 Å². The van der Waals surface area contributed by atoms with E-state index in [0.717, 1.165) is 5.06 Å². The van der Waals surface area contributed by atoms with E-state index in [-0.39, 0.29) is 12.8 Å². The summed E-state index contributed by atoms with van der Waals surface area (Å²) in [5.41, 5.74) is 0. The van der Waals surface area contributed by atoms with Crippen LogP contribution in [0.3, 0.4) is 0 Å². The number of piperidine rings is 1. The molecule has 0 saturated carbocycles. The Hall–Kier alpha value is -0.160. The van der Waals surface area contributed by atoms with E-state index < -0.39 is 5.79 Å². The minimum Gasteiger partial charge on any atom is -0.366 e. The predicted octanol–water partition coefficient (Wildman–Crippen LogP) is -0.848. The van der Waals surface area contributed by atoms with Crippen LogP contribution in [-0.4, -0.2) is 39.4 Å². The van der Waals surface area contributed by atoms with Gasteiger partial charge in [-0.15, -0.1) is 0 Å². The summed E-state index contributed by atoms with van der Waals surface area (Å²) >= 11 is 0. The zero-order valence-corrected chi connectivity index (χ0v) is 5.12. The van der Waals surface area contributed by atoms with Gasteiger partial charge in [0.05, 0.1) is 0 Å². The third-order valence-electron chi connectivity index (χ3n) is 1.54. The Morgan fingerprint density at radius 3 is 1.89 bits per heavy atom. The van der Waals surface area contributed by atoms with Gasteiger partial charge in [0.2, 0.25) is 0 Å². The molecule has 54 valence electrons. The Morgan fingerprint density at radius 2 is 1.56 bits per heavy atom. The average Bonchev–Trinajstić information content (AvgIpc) is 1.78. The predicted molar refractivity (Wildman–Crippen MR) is 29.8 cm³/mol. The van der Waals surface area contributed by atoms with Crippen LogP contribution < -0.4 is 0 Å². The van der Waals surface area contributed by atoms with E-state index in [1.165, 1.54) is 0 Å². The van der Waals surface area contributed by atoms with E-state index in [0.29, 0.717) is 13.1 Å². The summed E-state index contributed by atoms with van der Waals surface area (Å²) in [6, 6.07) is 0. The fraction of sp³-hybridized carbons (Fsp3) is 1.00. The zero-order valence-electron chi connectivity index (χ0n) is 5.12. The number of hydrogen-bond donors (Lipinski definition) is 3. The van der Waals surface area contributed by atoms with E-state index in [1.54, 1.807) is 0 Å². The maximum atomic E-state index is 8.91. The van der Waals surface area contributed by atoms with Gasteiger partial charge in [-0.25, -0.2) is 0 Å². The number of hydrogen-bond acceptors (Lipinski definition) is 4. The lowest BCUT2D eigenvalue weighted by Gasteiger charge is -2.30. The van der Waals surface area contributed by atoms with Crippen LogP contribution in [0.25, 0.3) is 0 Å². The highest BCUT2D eigenvalue weighted by atomic mass is 16.5. The molecule has 4 nitrogen and oxygen atoms in total. The highest BCUT2D eigenvalue weighted by Gasteiger charge is 2.28. The molecule has 0 radical (unpaired) electrons. The van der Waals surface area contributed by atoms with E-state index in [1.807, 2.05) is 0 Å². The standard InChI is InChI=1S/C5H11NO3/c7-5(8)1-3-6(9)4-2-5/h7-9H,1-4H2. The maximum Gasteiger partial charge on any atom is 0.165 e. The third-order valence-corrected chi connectivity index (χ3v) is 1.54. The smallest absolute Gasteiger partial charge is 0.165 e. The van der Waals surface area contributed by atoms with Crippen molar-refractivity contribution >= 4 is 0 Å². The molecule has 0 spiro atoms. The van der Waals surface area contributed by atoms with Gasteiger partial charge < -0.3 is 15.4 Å². The molecule has 0 unspecified atom stereocenters. The first-order valence-electron chi connectivity index (χ1n) is 2.99. The van der Waals surface area contributed by atoms with Crippen LogP contribution in [0.4, 0.5) is 0 Å².